The molecule has 0 spiro atoms. The Morgan fingerprint density at radius 3 is 1.42 bits per heavy atom. The van der Waals surface area contributed by atoms with Crippen molar-refractivity contribution in [1.82, 2.24) is 9.80 Å². The molecule has 4 aromatic carbocycles. The minimum absolute atomic E-state index is 0.0265. The van der Waals surface area contributed by atoms with Crippen LogP contribution in [0.3, 0.4) is 0 Å². The third-order valence-corrected chi connectivity index (χ3v) is 12.9. The average Bonchev–Trinajstić information content (AvgIpc) is 3.68. The van der Waals surface area contributed by atoms with E-state index in [9.17, 15) is 9.59 Å². The van der Waals surface area contributed by atoms with Crippen molar-refractivity contribution in [3.63, 3.8) is 0 Å². The van der Waals surface area contributed by atoms with Crippen molar-refractivity contribution in [1.29, 1.82) is 0 Å². The lowest BCUT2D eigenvalue weighted by Gasteiger charge is -2.11. The number of hydrogen-bond donors (Lipinski definition) is 0. The van der Waals surface area contributed by atoms with Gasteiger partial charge in [0.1, 0.15) is 11.5 Å². The third kappa shape index (κ3) is 5.38. The van der Waals surface area contributed by atoms with Gasteiger partial charge < -0.3 is 28.7 Å². The van der Waals surface area contributed by atoms with Crippen molar-refractivity contribution in [3.8, 4) is 32.4 Å². The van der Waals surface area contributed by atoms with E-state index >= 15 is 4.79 Å². The van der Waals surface area contributed by atoms with Crippen molar-refractivity contribution in [2.75, 3.05) is 13.6 Å². The smallest absolute Gasteiger partial charge is 0.225 e. The van der Waals surface area contributed by atoms with E-state index in [2.05, 4.69) is 12.1 Å². The Morgan fingerprint density at radius 2 is 1.02 bits per heavy atom. The van der Waals surface area contributed by atoms with Crippen LogP contribution in [0, 0.1) is 0 Å². The van der Waals surface area contributed by atoms with E-state index < -0.39 is 0 Å². The molecule has 2 amide bonds. The quantitative estimate of drug-likeness (QED) is 0.0716. The molecular formula is C41H32N2O7S2. The second kappa shape index (κ2) is 12.6. The number of hydrogen-bond acceptors (Lipinski definition) is 9. The first-order valence-electron chi connectivity index (χ1n) is 17.4. The normalized spacial score (nSPS) is 21.5. The maximum absolute atomic E-state index is 15.0. The maximum atomic E-state index is 15.0. The Bertz CT molecular complexity index is 2220. The van der Waals surface area contributed by atoms with Crippen molar-refractivity contribution in [2.24, 2.45) is 0 Å². The summed E-state index contributed by atoms with van der Waals surface area (Å²) in [5.74, 6) is 1.57. The highest BCUT2D eigenvalue weighted by Crippen LogP contribution is 2.46. The molecule has 6 aromatic rings. The fourth-order valence-corrected chi connectivity index (χ4v) is 10.1. The average molecular weight is 729 g/mol. The lowest BCUT2D eigenvalue weighted by Crippen LogP contribution is -2.15. The summed E-state index contributed by atoms with van der Waals surface area (Å²) in [6.45, 7) is 0.126. The Balaban J connectivity index is 0.917. The number of benzene rings is 4. The minimum atomic E-state index is -0.171. The molecule has 0 unspecified atom stereocenters. The number of thiophene rings is 2. The third-order valence-electron chi connectivity index (χ3n) is 10.4. The summed E-state index contributed by atoms with van der Waals surface area (Å²) in [4.78, 5) is 44.1. The van der Waals surface area contributed by atoms with Crippen LogP contribution in [0.4, 0.5) is 0 Å². The first kappa shape index (κ1) is 31.6. The first-order valence-corrected chi connectivity index (χ1v) is 19.1. The maximum Gasteiger partial charge on any atom is 0.225 e. The molecule has 0 bridgehead atoms. The summed E-state index contributed by atoms with van der Waals surface area (Å²) in [7, 11) is 0. The van der Waals surface area contributed by atoms with Crippen molar-refractivity contribution in [2.45, 2.75) is 50.2 Å². The van der Waals surface area contributed by atoms with Gasteiger partial charge in [-0.05, 0) is 84.6 Å². The summed E-state index contributed by atoms with van der Waals surface area (Å²) in [5, 5.41) is 1.84. The van der Waals surface area contributed by atoms with Gasteiger partial charge in [0.25, 0.3) is 0 Å². The van der Waals surface area contributed by atoms with Crippen molar-refractivity contribution < 1.29 is 33.3 Å². The molecule has 6 heterocycles. The van der Waals surface area contributed by atoms with Crippen LogP contribution in [-0.2, 0) is 19.1 Å². The number of piperidine rings is 2. The summed E-state index contributed by atoms with van der Waals surface area (Å²) in [5.41, 5.74) is 3.20. The molecule has 0 N–H and O–H groups in total. The van der Waals surface area contributed by atoms with E-state index in [1.807, 2.05) is 84.9 Å². The molecule has 4 aliphatic rings. The lowest BCUT2D eigenvalue weighted by atomic mass is 9.94. The number of carbonyl (C=O) groups is 3. The second-order valence-electron chi connectivity index (χ2n) is 13.4. The highest BCUT2D eigenvalue weighted by atomic mass is 32.1. The lowest BCUT2D eigenvalue weighted by molar-refractivity contribution is -0.129. The molecule has 4 atom stereocenters. The van der Waals surface area contributed by atoms with E-state index in [4.69, 9.17) is 18.9 Å². The van der Waals surface area contributed by atoms with Gasteiger partial charge in [-0.25, -0.2) is 0 Å². The van der Waals surface area contributed by atoms with Crippen LogP contribution in [0.5, 0.6) is 11.5 Å². The van der Waals surface area contributed by atoms with Gasteiger partial charge in [0.15, 0.2) is 31.8 Å². The molecule has 0 aliphatic carbocycles. The highest BCUT2D eigenvalue weighted by molar-refractivity contribution is 7.23. The van der Waals surface area contributed by atoms with Crippen LogP contribution in [0.2, 0.25) is 0 Å². The van der Waals surface area contributed by atoms with Crippen LogP contribution in [0.1, 0.15) is 41.6 Å². The number of ether oxygens (including phenoxy) is 4. The van der Waals surface area contributed by atoms with Crippen LogP contribution in [-0.4, -0.2) is 65.5 Å². The summed E-state index contributed by atoms with van der Waals surface area (Å²) in [6, 6.07) is 32.0. The van der Waals surface area contributed by atoms with E-state index in [0.717, 1.165) is 53.9 Å². The molecule has 11 heteroatoms. The van der Waals surface area contributed by atoms with Crippen LogP contribution >= 0.6 is 22.7 Å². The molecule has 4 aliphatic heterocycles. The first-order chi connectivity index (χ1) is 25.5. The van der Waals surface area contributed by atoms with Gasteiger partial charge in [-0.3, -0.25) is 14.4 Å². The zero-order valence-corrected chi connectivity index (χ0v) is 29.5. The molecule has 0 radical (unpaired) electrons. The SMILES string of the molecule is O=C(c1c(-c2ccc(OCO[C@@H]3[C@H]4CCC(=O)N43)cc2)sc2ccccc12)c1c(-c2ccc(OCO[C@@H]3[C@H]4CCC(=O)N43)cc2)sc2ccccc12. The van der Waals surface area contributed by atoms with Gasteiger partial charge in [0, 0.05) is 53.9 Å². The Kier molecular flexibility index (Phi) is 7.64. The van der Waals surface area contributed by atoms with Crippen LogP contribution in [0.15, 0.2) is 97.1 Å². The summed E-state index contributed by atoms with van der Waals surface area (Å²) < 4.78 is 25.4. The molecule has 52 heavy (non-hydrogen) atoms. The molecule has 9 nitrogen and oxygen atoms in total. The van der Waals surface area contributed by atoms with E-state index in [1.54, 1.807) is 32.5 Å². The topological polar surface area (TPSA) is 94.2 Å². The summed E-state index contributed by atoms with van der Waals surface area (Å²) >= 11 is 3.21. The predicted octanol–water partition coefficient (Wildman–Crippen LogP) is 8.05. The molecule has 2 aromatic heterocycles. The molecule has 10 rings (SSSR count). The largest absolute Gasteiger partial charge is 0.467 e. The monoisotopic (exact) mass is 728 g/mol. The number of amides is 2. The molecular weight excluding hydrogens is 697 g/mol. The van der Waals surface area contributed by atoms with Crippen molar-refractivity contribution >= 4 is 60.4 Å². The van der Waals surface area contributed by atoms with Gasteiger partial charge in [-0.15, -0.1) is 22.7 Å². The van der Waals surface area contributed by atoms with Gasteiger partial charge in [-0.1, -0.05) is 36.4 Å². The number of ketones is 1. The zero-order chi connectivity index (χ0) is 34.9. The van der Waals surface area contributed by atoms with E-state index in [0.29, 0.717) is 35.5 Å². The Labute approximate surface area is 306 Å². The molecule has 260 valence electrons. The minimum Gasteiger partial charge on any atom is -0.467 e. The highest BCUT2D eigenvalue weighted by Gasteiger charge is 2.57. The second-order valence-corrected chi connectivity index (χ2v) is 15.5. The van der Waals surface area contributed by atoms with E-state index in [-0.39, 0.29) is 55.7 Å². The number of rotatable bonds is 12. The number of nitrogens with zero attached hydrogens (tertiary/aromatic N) is 2. The van der Waals surface area contributed by atoms with Crippen LogP contribution in [0.25, 0.3) is 41.1 Å². The number of carbonyl (C=O) groups excluding carboxylic acids is 3. The van der Waals surface area contributed by atoms with Gasteiger partial charge in [0.05, 0.1) is 12.1 Å². The zero-order valence-electron chi connectivity index (χ0n) is 27.9. The van der Waals surface area contributed by atoms with Gasteiger partial charge in [0.2, 0.25) is 11.8 Å². The van der Waals surface area contributed by atoms with Gasteiger partial charge in [-0.2, -0.15) is 0 Å². The fraction of sp³-hybridized carbons (Fsp3) is 0.244. The predicted molar refractivity (Wildman–Crippen MR) is 198 cm³/mol. The molecule has 4 saturated heterocycles. The Hall–Kier alpha value is -5.07. The number of fused-ring (bicyclic) bond motifs is 4. The van der Waals surface area contributed by atoms with E-state index in [1.165, 1.54) is 0 Å². The van der Waals surface area contributed by atoms with Crippen molar-refractivity contribution in [3.05, 3.63) is 108 Å². The summed E-state index contributed by atoms with van der Waals surface area (Å²) in [6.07, 6.45) is 2.55. The Morgan fingerprint density at radius 1 is 0.596 bits per heavy atom. The van der Waals surface area contributed by atoms with Crippen LogP contribution < -0.4 is 9.47 Å². The molecule has 4 fully saturated rings. The fourth-order valence-electron chi connectivity index (χ4n) is 7.73. The molecule has 0 saturated carbocycles. The van der Waals surface area contributed by atoms with Gasteiger partial charge >= 0.3 is 0 Å². The standard InChI is InChI=1S/C41H32N2O7S2/c44-33-19-17-29-40(42(29)33)49-21-47-25-13-9-23(10-14-25)38-35(27-5-1-3-7-31(27)51-38)37(46)36-28-6-2-4-8-32(28)52-39(36)24-11-15-26(16-12-24)48-22-50-41-30-18-20-34(45)43(30)41/h1-16,29-30,40-41H,17-22H2/t29-,30-,40-,41-,42?,43?/m1/s1.